The van der Waals surface area contributed by atoms with Gasteiger partial charge >= 0.3 is 5.97 Å². The Morgan fingerprint density at radius 2 is 1.87 bits per heavy atom. The van der Waals surface area contributed by atoms with E-state index < -0.39 is 16.0 Å². The minimum atomic E-state index is -3.45. The minimum Gasteiger partial charge on any atom is -0.452 e. The van der Waals surface area contributed by atoms with Crippen LogP contribution in [0.25, 0.3) is 0 Å². The van der Waals surface area contributed by atoms with Crippen LogP contribution >= 0.6 is 0 Å². The van der Waals surface area contributed by atoms with E-state index in [1.807, 2.05) is 18.2 Å². The largest absolute Gasteiger partial charge is 0.452 e. The van der Waals surface area contributed by atoms with Gasteiger partial charge in [0.25, 0.3) is 15.9 Å². The number of amidine groups is 1. The maximum absolute atomic E-state index is 12.4. The van der Waals surface area contributed by atoms with Crippen LogP contribution in [-0.4, -0.2) is 86.0 Å². The van der Waals surface area contributed by atoms with Crippen molar-refractivity contribution in [1.29, 1.82) is 0 Å². The molecule has 1 aromatic heterocycles. The molecular formula is C19H21N5O5S. The van der Waals surface area contributed by atoms with Crippen molar-refractivity contribution in [1.82, 2.24) is 14.8 Å². The van der Waals surface area contributed by atoms with Crippen LogP contribution < -0.4 is 4.90 Å². The van der Waals surface area contributed by atoms with E-state index in [0.717, 1.165) is 5.82 Å². The molecule has 10 nitrogen and oxygen atoms in total. The molecule has 0 saturated carbocycles. The number of aromatic nitrogens is 1. The topological polar surface area (TPSA) is 112 Å². The SMILES string of the molecule is O=C(OCC(=O)N1CCN(c2ccccn2)CC1)C1=CN2CCS(=O)(=O)N=C2C=C1. The molecule has 1 amide bonds. The van der Waals surface area contributed by atoms with E-state index in [1.54, 1.807) is 16.0 Å². The number of rotatable bonds is 4. The van der Waals surface area contributed by atoms with Gasteiger partial charge in [-0.25, -0.2) is 18.2 Å². The summed E-state index contributed by atoms with van der Waals surface area (Å²) in [6.07, 6.45) is 6.12. The van der Waals surface area contributed by atoms with Gasteiger partial charge in [0.05, 0.1) is 11.3 Å². The lowest BCUT2D eigenvalue weighted by atomic mass is 10.2. The van der Waals surface area contributed by atoms with Crippen LogP contribution in [0.1, 0.15) is 0 Å². The van der Waals surface area contributed by atoms with E-state index in [4.69, 9.17) is 4.74 Å². The van der Waals surface area contributed by atoms with Gasteiger partial charge < -0.3 is 19.4 Å². The Morgan fingerprint density at radius 3 is 2.60 bits per heavy atom. The molecule has 30 heavy (non-hydrogen) atoms. The first-order valence-electron chi connectivity index (χ1n) is 9.51. The molecule has 0 N–H and O–H groups in total. The zero-order valence-corrected chi connectivity index (χ0v) is 17.0. The first kappa shape index (κ1) is 20.1. The fourth-order valence-corrected chi connectivity index (χ4v) is 4.32. The molecule has 3 aliphatic rings. The van der Waals surface area contributed by atoms with Gasteiger partial charge in [-0.3, -0.25) is 4.79 Å². The average molecular weight is 431 g/mol. The molecule has 1 fully saturated rings. The van der Waals surface area contributed by atoms with E-state index in [0.29, 0.717) is 26.2 Å². The minimum absolute atomic E-state index is 0.119. The zero-order chi connectivity index (χ0) is 21.1. The van der Waals surface area contributed by atoms with Gasteiger partial charge in [0, 0.05) is 45.1 Å². The summed E-state index contributed by atoms with van der Waals surface area (Å²) in [5.74, 6) is 0.127. The molecule has 11 heteroatoms. The van der Waals surface area contributed by atoms with Crippen molar-refractivity contribution in [3.63, 3.8) is 0 Å². The van der Waals surface area contributed by atoms with Gasteiger partial charge in [-0.1, -0.05) is 6.07 Å². The molecule has 0 atom stereocenters. The molecule has 0 spiro atoms. The van der Waals surface area contributed by atoms with Crippen molar-refractivity contribution in [3.05, 3.63) is 48.3 Å². The standard InChI is InChI=1S/C19H21N5O5S/c25-18(23-9-7-22(8-10-23)16-3-1-2-6-20-16)14-29-19(26)15-4-5-17-21-30(27,28)12-11-24(17)13-15/h1-6,13H,7-12,14H2. The van der Waals surface area contributed by atoms with Crippen LogP contribution in [-0.2, 0) is 24.3 Å². The lowest BCUT2D eigenvalue weighted by Gasteiger charge is -2.35. The van der Waals surface area contributed by atoms with Gasteiger partial charge in [-0.05, 0) is 24.3 Å². The number of carbonyl (C=O) groups is 2. The Balaban J connectivity index is 1.27. The fourth-order valence-electron chi connectivity index (χ4n) is 3.35. The molecular weight excluding hydrogens is 410 g/mol. The van der Waals surface area contributed by atoms with Crippen molar-refractivity contribution >= 4 is 33.6 Å². The van der Waals surface area contributed by atoms with E-state index in [2.05, 4.69) is 14.3 Å². The molecule has 0 aliphatic carbocycles. The van der Waals surface area contributed by atoms with Crippen LogP contribution in [0.5, 0.6) is 0 Å². The number of pyridine rings is 1. The van der Waals surface area contributed by atoms with E-state index in [9.17, 15) is 18.0 Å². The quantitative estimate of drug-likeness (QED) is 0.601. The Bertz CT molecular complexity index is 1030. The summed E-state index contributed by atoms with van der Waals surface area (Å²) in [6.45, 7) is 2.23. The fraction of sp³-hybridized carbons (Fsp3) is 0.368. The summed E-state index contributed by atoms with van der Waals surface area (Å²) in [7, 11) is -3.45. The highest BCUT2D eigenvalue weighted by Crippen LogP contribution is 2.17. The van der Waals surface area contributed by atoms with Crippen LogP contribution in [0.15, 0.2) is 52.7 Å². The highest BCUT2D eigenvalue weighted by atomic mass is 32.2. The number of hydrogen-bond donors (Lipinski definition) is 0. The molecule has 1 saturated heterocycles. The van der Waals surface area contributed by atoms with Crippen molar-refractivity contribution in [3.8, 4) is 0 Å². The van der Waals surface area contributed by atoms with Gasteiger partial charge in [-0.2, -0.15) is 0 Å². The van der Waals surface area contributed by atoms with Gasteiger partial charge in [0.15, 0.2) is 6.61 Å². The molecule has 4 heterocycles. The van der Waals surface area contributed by atoms with Crippen LogP contribution in [0.4, 0.5) is 5.82 Å². The molecule has 3 aliphatic heterocycles. The van der Waals surface area contributed by atoms with Gasteiger partial charge in [0.1, 0.15) is 11.7 Å². The number of anilines is 1. The third-order valence-corrected chi connectivity index (χ3v) is 6.16. The van der Waals surface area contributed by atoms with Crippen LogP contribution in [0.3, 0.4) is 0 Å². The summed E-state index contributed by atoms with van der Waals surface area (Å²) in [6, 6.07) is 5.71. The lowest BCUT2D eigenvalue weighted by Crippen LogP contribution is -2.50. The van der Waals surface area contributed by atoms with Crippen molar-refractivity contribution in [2.45, 2.75) is 0 Å². The molecule has 1 aromatic rings. The maximum atomic E-state index is 12.4. The Labute approximate surface area is 174 Å². The molecule has 158 valence electrons. The second-order valence-electron chi connectivity index (χ2n) is 6.98. The highest BCUT2D eigenvalue weighted by Gasteiger charge is 2.26. The third-order valence-electron chi connectivity index (χ3n) is 4.99. The number of sulfonamides is 1. The second-order valence-corrected chi connectivity index (χ2v) is 8.73. The molecule has 0 unspecified atom stereocenters. The molecule has 0 bridgehead atoms. The van der Waals surface area contributed by atoms with Gasteiger partial charge in [0.2, 0.25) is 0 Å². The maximum Gasteiger partial charge on any atom is 0.340 e. The number of hydrogen-bond acceptors (Lipinski definition) is 8. The Hall–Kier alpha value is -3.21. The van der Waals surface area contributed by atoms with Crippen molar-refractivity contribution in [2.24, 2.45) is 4.40 Å². The first-order chi connectivity index (χ1) is 14.4. The van der Waals surface area contributed by atoms with E-state index in [-0.39, 0.29) is 36.2 Å². The van der Waals surface area contributed by atoms with Crippen LogP contribution in [0, 0.1) is 0 Å². The van der Waals surface area contributed by atoms with Crippen molar-refractivity contribution in [2.75, 3.05) is 50.0 Å². The summed E-state index contributed by atoms with van der Waals surface area (Å²) in [5.41, 5.74) is 0.237. The summed E-state index contributed by atoms with van der Waals surface area (Å²) in [5, 5.41) is 0. The highest BCUT2D eigenvalue weighted by molar-refractivity contribution is 7.90. The average Bonchev–Trinajstić information content (AvgIpc) is 2.77. The lowest BCUT2D eigenvalue weighted by molar-refractivity contribution is -0.148. The second kappa shape index (κ2) is 8.27. The van der Waals surface area contributed by atoms with E-state index >= 15 is 0 Å². The first-order valence-corrected chi connectivity index (χ1v) is 11.1. The number of nitrogens with zero attached hydrogens (tertiary/aromatic N) is 5. The molecule has 4 rings (SSSR count). The predicted octanol–water partition coefficient (Wildman–Crippen LogP) is -0.229. The Kier molecular flexibility index (Phi) is 5.53. The number of fused-ring (bicyclic) bond motifs is 1. The number of esters is 1. The monoisotopic (exact) mass is 431 g/mol. The van der Waals surface area contributed by atoms with E-state index in [1.165, 1.54) is 18.4 Å². The third kappa shape index (κ3) is 4.51. The van der Waals surface area contributed by atoms with Gasteiger partial charge in [-0.15, -0.1) is 4.40 Å². The molecule has 0 radical (unpaired) electrons. The number of carbonyl (C=O) groups excluding carboxylic acids is 2. The number of amides is 1. The Morgan fingerprint density at radius 1 is 1.07 bits per heavy atom. The smallest absolute Gasteiger partial charge is 0.340 e. The normalized spacial score (nSPS) is 20.2. The zero-order valence-electron chi connectivity index (χ0n) is 16.2. The summed E-state index contributed by atoms with van der Waals surface area (Å²) in [4.78, 5) is 34.4. The molecule has 0 aromatic carbocycles. The van der Waals surface area contributed by atoms with Crippen LogP contribution in [0.2, 0.25) is 0 Å². The number of piperazine rings is 1. The summed E-state index contributed by atoms with van der Waals surface area (Å²) >= 11 is 0. The summed E-state index contributed by atoms with van der Waals surface area (Å²) < 4.78 is 31.9. The number of ether oxygens (including phenoxy) is 1. The predicted molar refractivity (Wildman–Crippen MR) is 109 cm³/mol. The van der Waals surface area contributed by atoms with Crippen molar-refractivity contribution < 1.29 is 22.7 Å².